The maximum Gasteiger partial charge on any atom is 0.247 e. The zero-order valence-corrected chi connectivity index (χ0v) is 13.8. The van der Waals surface area contributed by atoms with E-state index in [1.54, 1.807) is 20.0 Å². The van der Waals surface area contributed by atoms with Crippen molar-refractivity contribution in [3.8, 4) is 11.3 Å². The van der Waals surface area contributed by atoms with Crippen molar-refractivity contribution in [2.45, 2.75) is 32.9 Å². The van der Waals surface area contributed by atoms with Crippen LogP contribution in [0.15, 0.2) is 36.8 Å². The molecule has 0 unspecified atom stereocenters. The molecule has 24 heavy (non-hydrogen) atoms. The average molecular weight is 325 g/mol. The molecule has 8 nitrogen and oxygen atoms in total. The van der Waals surface area contributed by atoms with E-state index in [1.807, 2.05) is 25.1 Å². The van der Waals surface area contributed by atoms with Crippen LogP contribution in [-0.4, -0.2) is 36.1 Å². The number of carbonyl (C=O) groups excluding carboxylic acids is 1. The highest BCUT2D eigenvalue weighted by Gasteiger charge is 2.30. The lowest BCUT2D eigenvalue weighted by molar-refractivity contribution is -0.129. The fourth-order valence-electron chi connectivity index (χ4n) is 2.31. The normalized spacial score (nSPS) is 11.5. The van der Waals surface area contributed by atoms with Crippen LogP contribution in [0.1, 0.15) is 25.2 Å². The number of carbonyl (C=O) groups is 1. The SMILES string of the molecule is Cc1cccc(-c2cnc(CNC(=O)C(C)(C)n3cnnn3)[nH]2)c1. The number of aromatic nitrogens is 6. The van der Waals surface area contributed by atoms with E-state index in [1.165, 1.54) is 16.6 Å². The number of hydrogen-bond acceptors (Lipinski definition) is 5. The number of tetrazole rings is 1. The summed E-state index contributed by atoms with van der Waals surface area (Å²) in [5.74, 6) is 0.496. The fraction of sp³-hybridized carbons (Fsp3) is 0.312. The van der Waals surface area contributed by atoms with Crippen molar-refractivity contribution < 1.29 is 4.79 Å². The van der Waals surface area contributed by atoms with Crippen LogP contribution in [0, 0.1) is 6.92 Å². The van der Waals surface area contributed by atoms with Crippen molar-refractivity contribution in [2.24, 2.45) is 0 Å². The first-order valence-corrected chi connectivity index (χ1v) is 7.59. The lowest BCUT2D eigenvalue weighted by Crippen LogP contribution is -2.44. The number of nitrogens with one attached hydrogen (secondary N) is 2. The van der Waals surface area contributed by atoms with Crippen molar-refractivity contribution >= 4 is 5.91 Å². The molecule has 0 saturated carbocycles. The Hall–Kier alpha value is -3.03. The van der Waals surface area contributed by atoms with Gasteiger partial charge in [-0.15, -0.1) is 5.10 Å². The first-order valence-electron chi connectivity index (χ1n) is 7.59. The fourth-order valence-corrected chi connectivity index (χ4v) is 2.31. The molecule has 8 heteroatoms. The molecule has 3 rings (SSSR count). The van der Waals surface area contributed by atoms with E-state index in [4.69, 9.17) is 0 Å². The van der Waals surface area contributed by atoms with Crippen molar-refractivity contribution in [1.29, 1.82) is 0 Å². The minimum atomic E-state index is -0.879. The second-order valence-corrected chi connectivity index (χ2v) is 6.11. The Kier molecular flexibility index (Phi) is 4.11. The topological polar surface area (TPSA) is 101 Å². The maximum absolute atomic E-state index is 12.4. The number of rotatable bonds is 5. The molecule has 2 heterocycles. The number of imidazole rings is 1. The lowest BCUT2D eigenvalue weighted by atomic mass is 10.1. The summed E-state index contributed by atoms with van der Waals surface area (Å²) in [6.45, 7) is 5.84. The van der Waals surface area contributed by atoms with E-state index >= 15 is 0 Å². The Bertz CT molecular complexity index is 836. The number of H-pyrrole nitrogens is 1. The third kappa shape index (κ3) is 3.17. The molecule has 2 aromatic heterocycles. The van der Waals surface area contributed by atoms with Crippen molar-refractivity contribution in [2.75, 3.05) is 0 Å². The van der Waals surface area contributed by atoms with Gasteiger partial charge in [0.15, 0.2) is 0 Å². The van der Waals surface area contributed by atoms with Crippen molar-refractivity contribution in [3.63, 3.8) is 0 Å². The van der Waals surface area contributed by atoms with Crippen molar-refractivity contribution in [3.05, 3.63) is 48.2 Å². The molecule has 0 fully saturated rings. The van der Waals surface area contributed by atoms with Gasteiger partial charge in [0.2, 0.25) is 5.91 Å². The van der Waals surface area contributed by atoms with Crippen molar-refractivity contribution in [1.82, 2.24) is 35.5 Å². The Morgan fingerprint density at radius 1 is 1.38 bits per heavy atom. The smallest absolute Gasteiger partial charge is 0.247 e. The van der Waals surface area contributed by atoms with Gasteiger partial charge < -0.3 is 10.3 Å². The van der Waals surface area contributed by atoms with Crippen LogP contribution in [0.25, 0.3) is 11.3 Å². The molecule has 0 radical (unpaired) electrons. The molecule has 3 aromatic rings. The molecule has 0 aliphatic rings. The van der Waals surface area contributed by atoms with E-state index < -0.39 is 5.54 Å². The van der Waals surface area contributed by atoms with Gasteiger partial charge in [-0.3, -0.25) is 4.79 Å². The maximum atomic E-state index is 12.4. The van der Waals surface area contributed by atoms with Gasteiger partial charge in [0.1, 0.15) is 17.7 Å². The zero-order chi connectivity index (χ0) is 17.2. The summed E-state index contributed by atoms with van der Waals surface area (Å²) in [6.07, 6.45) is 3.19. The first-order chi connectivity index (χ1) is 11.5. The summed E-state index contributed by atoms with van der Waals surface area (Å²) in [4.78, 5) is 19.9. The van der Waals surface area contributed by atoms with Gasteiger partial charge >= 0.3 is 0 Å². The zero-order valence-electron chi connectivity index (χ0n) is 13.8. The Balaban J connectivity index is 1.66. The molecule has 0 aliphatic heterocycles. The second-order valence-electron chi connectivity index (χ2n) is 6.11. The van der Waals surface area contributed by atoms with Gasteiger partial charge in [-0.1, -0.05) is 23.8 Å². The summed E-state index contributed by atoms with van der Waals surface area (Å²) in [7, 11) is 0. The highest BCUT2D eigenvalue weighted by atomic mass is 16.2. The molecule has 1 amide bonds. The molecule has 0 spiro atoms. The summed E-state index contributed by atoms with van der Waals surface area (Å²) in [6, 6.07) is 8.14. The van der Waals surface area contributed by atoms with Crippen LogP contribution in [0.4, 0.5) is 0 Å². The lowest BCUT2D eigenvalue weighted by Gasteiger charge is -2.22. The highest BCUT2D eigenvalue weighted by molar-refractivity contribution is 5.83. The minimum Gasteiger partial charge on any atom is -0.347 e. The van der Waals surface area contributed by atoms with Gasteiger partial charge in [0.05, 0.1) is 18.4 Å². The van der Waals surface area contributed by atoms with E-state index in [0.717, 1.165) is 11.3 Å². The predicted octanol–water partition coefficient (Wildman–Crippen LogP) is 1.42. The Morgan fingerprint density at radius 2 is 2.21 bits per heavy atom. The average Bonchev–Trinajstić information content (AvgIpc) is 3.24. The van der Waals surface area contributed by atoms with E-state index in [-0.39, 0.29) is 5.91 Å². The molecule has 0 aliphatic carbocycles. The molecule has 0 saturated heterocycles. The van der Waals surface area contributed by atoms with Gasteiger partial charge in [0.25, 0.3) is 0 Å². The largest absolute Gasteiger partial charge is 0.347 e. The van der Waals surface area contributed by atoms with Gasteiger partial charge in [-0.25, -0.2) is 9.67 Å². The summed E-state index contributed by atoms with van der Waals surface area (Å²) < 4.78 is 1.42. The van der Waals surface area contributed by atoms with Gasteiger partial charge in [0, 0.05) is 0 Å². The molecule has 124 valence electrons. The standard InChI is InChI=1S/C16H19N7O/c1-11-5-4-6-12(7-11)13-8-17-14(20-13)9-18-15(24)16(2,3)23-10-19-21-22-23/h4-8,10H,9H2,1-3H3,(H,17,20)(H,18,24). The number of aryl methyl sites for hydroxylation is 1. The number of aromatic amines is 1. The minimum absolute atomic E-state index is 0.191. The number of nitrogens with zero attached hydrogens (tertiary/aromatic N) is 5. The molecule has 0 atom stereocenters. The summed E-state index contributed by atoms with van der Waals surface area (Å²) >= 11 is 0. The monoisotopic (exact) mass is 325 g/mol. The molecular formula is C16H19N7O. The van der Waals surface area contributed by atoms with E-state index in [9.17, 15) is 4.79 Å². The summed E-state index contributed by atoms with van der Waals surface area (Å²) in [5.41, 5.74) is 2.28. The second kappa shape index (κ2) is 6.23. The quantitative estimate of drug-likeness (QED) is 0.739. The van der Waals surface area contributed by atoms with Crippen LogP contribution in [0.2, 0.25) is 0 Å². The third-order valence-electron chi connectivity index (χ3n) is 3.85. The van der Waals surface area contributed by atoms with Crippen LogP contribution in [-0.2, 0) is 16.9 Å². The van der Waals surface area contributed by atoms with Gasteiger partial charge in [-0.05, 0) is 42.8 Å². The Morgan fingerprint density at radius 3 is 2.92 bits per heavy atom. The third-order valence-corrected chi connectivity index (χ3v) is 3.85. The molecule has 0 bridgehead atoms. The van der Waals surface area contributed by atoms with E-state index in [2.05, 4.69) is 36.9 Å². The van der Waals surface area contributed by atoms with Gasteiger partial charge in [-0.2, -0.15) is 0 Å². The van der Waals surface area contributed by atoms with Crippen LogP contribution in [0.3, 0.4) is 0 Å². The first kappa shape index (κ1) is 15.9. The summed E-state index contributed by atoms with van der Waals surface area (Å²) in [5, 5.41) is 13.8. The van der Waals surface area contributed by atoms with Crippen LogP contribution < -0.4 is 5.32 Å². The Labute approximate surface area is 139 Å². The number of benzene rings is 1. The molecule has 2 N–H and O–H groups in total. The molecular weight excluding hydrogens is 306 g/mol. The highest BCUT2D eigenvalue weighted by Crippen LogP contribution is 2.18. The molecule has 1 aromatic carbocycles. The van der Waals surface area contributed by atoms with Crippen LogP contribution in [0.5, 0.6) is 0 Å². The van der Waals surface area contributed by atoms with E-state index in [0.29, 0.717) is 12.4 Å². The number of hydrogen-bond donors (Lipinski definition) is 2. The van der Waals surface area contributed by atoms with Crippen LogP contribution >= 0.6 is 0 Å². The predicted molar refractivity (Wildman–Crippen MR) is 87.7 cm³/mol. The number of amides is 1.